The van der Waals surface area contributed by atoms with Crippen molar-refractivity contribution in [3.63, 3.8) is 0 Å². The predicted octanol–water partition coefficient (Wildman–Crippen LogP) is 3.08. The maximum Gasteiger partial charge on any atom is 0.0357 e. The summed E-state index contributed by atoms with van der Waals surface area (Å²) >= 11 is 0. The molecule has 0 spiro atoms. The van der Waals surface area contributed by atoms with E-state index >= 15 is 0 Å². The highest BCUT2D eigenvalue weighted by Crippen LogP contribution is 2.21. The summed E-state index contributed by atoms with van der Waals surface area (Å²) in [5.74, 6) is 0. The van der Waals surface area contributed by atoms with Crippen LogP contribution < -0.4 is 5.32 Å². The lowest BCUT2D eigenvalue weighted by Gasteiger charge is -2.25. The molecule has 1 heterocycles. The van der Waals surface area contributed by atoms with E-state index in [1.807, 2.05) is 12.3 Å². The van der Waals surface area contributed by atoms with Crippen LogP contribution in [-0.4, -0.2) is 11.5 Å². The molecular formula is C15H20N2. The Morgan fingerprint density at radius 2 is 1.82 bits per heavy atom. The van der Waals surface area contributed by atoms with Gasteiger partial charge in [0.25, 0.3) is 0 Å². The van der Waals surface area contributed by atoms with Crippen molar-refractivity contribution in [3.8, 4) is 0 Å². The number of aromatic amines is 1. The van der Waals surface area contributed by atoms with E-state index in [4.69, 9.17) is 0 Å². The molecule has 1 aromatic carbocycles. The largest absolute Gasteiger partial charge is 0.364 e. The van der Waals surface area contributed by atoms with Crippen molar-refractivity contribution in [3.05, 3.63) is 59.9 Å². The van der Waals surface area contributed by atoms with Crippen LogP contribution in [0.15, 0.2) is 48.7 Å². The molecule has 0 radical (unpaired) electrons. The number of aromatic nitrogens is 1. The summed E-state index contributed by atoms with van der Waals surface area (Å²) in [6.07, 6.45) is 1.96. The summed E-state index contributed by atoms with van der Waals surface area (Å²) in [6, 6.07) is 14.8. The van der Waals surface area contributed by atoms with Crippen LogP contribution in [0.4, 0.5) is 0 Å². The van der Waals surface area contributed by atoms with E-state index in [0.29, 0.717) is 0 Å². The van der Waals surface area contributed by atoms with Crippen LogP contribution in [0.3, 0.4) is 0 Å². The summed E-state index contributed by atoms with van der Waals surface area (Å²) in [5, 5.41) is 3.50. The average Bonchev–Trinajstić information content (AvgIpc) is 2.83. The first-order chi connectivity index (χ1) is 8.18. The minimum absolute atomic E-state index is 0.161. The Labute approximate surface area is 103 Å². The summed E-state index contributed by atoms with van der Waals surface area (Å²) in [7, 11) is 0. The minimum Gasteiger partial charge on any atom is -0.364 e. The van der Waals surface area contributed by atoms with E-state index in [1.54, 1.807) is 0 Å². The molecule has 17 heavy (non-hydrogen) atoms. The molecule has 0 aliphatic rings. The second-order valence-corrected chi connectivity index (χ2v) is 5.05. The summed E-state index contributed by atoms with van der Waals surface area (Å²) in [5.41, 5.74) is 2.77. The van der Waals surface area contributed by atoms with Crippen LogP contribution in [0.1, 0.15) is 25.1 Å². The smallest absolute Gasteiger partial charge is 0.0357 e. The van der Waals surface area contributed by atoms with Gasteiger partial charge in [0, 0.05) is 30.4 Å². The normalized spacial score (nSPS) is 11.6. The fraction of sp³-hybridized carbons (Fsp3) is 0.333. The molecule has 90 valence electrons. The van der Waals surface area contributed by atoms with Crippen molar-refractivity contribution in [2.24, 2.45) is 0 Å². The standard InChI is InChI=1S/C15H20N2/c1-15(2,13-7-4-3-5-8-13)12-16-11-14-9-6-10-17-14/h3-10,16-17H,11-12H2,1-2H3. The van der Waals surface area contributed by atoms with Crippen molar-refractivity contribution >= 4 is 0 Å². The molecule has 0 fully saturated rings. The van der Waals surface area contributed by atoms with E-state index in [-0.39, 0.29) is 5.41 Å². The van der Waals surface area contributed by atoms with Crippen molar-refractivity contribution in [2.75, 3.05) is 6.54 Å². The Balaban J connectivity index is 1.90. The topological polar surface area (TPSA) is 27.8 Å². The molecule has 1 aromatic heterocycles. The van der Waals surface area contributed by atoms with Gasteiger partial charge in [-0.15, -0.1) is 0 Å². The van der Waals surface area contributed by atoms with Crippen molar-refractivity contribution in [1.29, 1.82) is 0 Å². The molecule has 0 saturated heterocycles. The number of benzene rings is 1. The molecule has 0 atom stereocenters. The van der Waals surface area contributed by atoms with Crippen molar-refractivity contribution in [1.82, 2.24) is 10.3 Å². The van der Waals surface area contributed by atoms with Gasteiger partial charge >= 0.3 is 0 Å². The summed E-state index contributed by atoms with van der Waals surface area (Å²) in [4.78, 5) is 3.20. The Kier molecular flexibility index (Phi) is 3.64. The monoisotopic (exact) mass is 228 g/mol. The van der Waals surface area contributed by atoms with Gasteiger partial charge in [-0.2, -0.15) is 0 Å². The lowest BCUT2D eigenvalue weighted by Crippen LogP contribution is -2.32. The van der Waals surface area contributed by atoms with E-state index in [2.05, 4.69) is 60.5 Å². The second kappa shape index (κ2) is 5.19. The molecule has 0 saturated carbocycles. The van der Waals surface area contributed by atoms with Crippen molar-refractivity contribution in [2.45, 2.75) is 25.8 Å². The zero-order chi connectivity index (χ0) is 12.1. The molecule has 0 unspecified atom stereocenters. The third-order valence-corrected chi connectivity index (χ3v) is 3.10. The molecule has 2 rings (SSSR count). The summed E-state index contributed by atoms with van der Waals surface area (Å²) < 4.78 is 0. The Morgan fingerprint density at radius 1 is 1.06 bits per heavy atom. The quantitative estimate of drug-likeness (QED) is 0.808. The zero-order valence-corrected chi connectivity index (χ0v) is 10.5. The maximum atomic E-state index is 3.50. The van der Waals surface area contributed by atoms with Gasteiger partial charge in [0.1, 0.15) is 0 Å². The van der Waals surface area contributed by atoms with E-state index < -0.39 is 0 Å². The van der Waals surface area contributed by atoms with E-state index in [0.717, 1.165) is 13.1 Å². The zero-order valence-electron chi connectivity index (χ0n) is 10.5. The molecule has 2 aromatic rings. The number of H-pyrrole nitrogens is 1. The number of hydrogen-bond acceptors (Lipinski definition) is 1. The highest BCUT2D eigenvalue weighted by Gasteiger charge is 2.19. The molecule has 0 aliphatic heterocycles. The second-order valence-electron chi connectivity index (χ2n) is 5.05. The van der Waals surface area contributed by atoms with Crippen molar-refractivity contribution < 1.29 is 0 Å². The Bertz CT molecular complexity index is 429. The fourth-order valence-corrected chi connectivity index (χ4v) is 1.98. The third-order valence-electron chi connectivity index (χ3n) is 3.10. The molecule has 2 heteroatoms. The first-order valence-electron chi connectivity index (χ1n) is 6.07. The van der Waals surface area contributed by atoms with Crippen LogP contribution in [0.5, 0.6) is 0 Å². The van der Waals surface area contributed by atoms with E-state index in [1.165, 1.54) is 11.3 Å². The van der Waals surface area contributed by atoms with Crippen LogP contribution in [0.25, 0.3) is 0 Å². The first kappa shape index (κ1) is 11.9. The molecule has 2 nitrogen and oxygen atoms in total. The van der Waals surface area contributed by atoms with E-state index in [9.17, 15) is 0 Å². The molecule has 0 amide bonds. The van der Waals surface area contributed by atoms with Gasteiger partial charge < -0.3 is 10.3 Å². The van der Waals surface area contributed by atoms with Gasteiger partial charge in [-0.1, -0.05) is 44.2 Å². The Hall–Kier alpha value is -1.54. The van der Waals surface area contributed by atoms with Gasteiger partial charge in [-0.25, -0.2) is 0 Å². The predicted molar refractivity (Wildman–Crippen MR) is 72.0 cm³/mol. The highest BCUT2D eigenvalue weighted by atomic mass is 14.9. The number of nitrogens with one attached hydrogen (secondary N) is 2. The lowest BCUT2D eigenvalue weighted by molar-refractivity contribution is 0.467. The molecule has 0 bridgehead atoms. The number of rotatable bonds is 5. The third kappa shape index (κ3) is 3.21. The van der Waals surface area contributed by atoms with Crippen LogP contribution >= 0.6 is 0 Å². The SMILES string of the molecule is CC(C)(CNCc1ccc[nH]1)c1ccccc1. The van der Waals surface area contributed by atoms with Gasteiger partial charge in [-0.05, 0) is 17.7 Å². The maximum absolute atomic E-state index is 3.50. The van der Waals surface area contributed by atoms with Gasteiger partial charge in [0.2, 0.25) is 0 Å². The fourth-order valence-electron chi connectivity index (χ4n) is 1.98. The average molecular weight is 228 g/mol. The molecule has 2 N–H and O–H groups in total. The van der Waals surface area contributed by atoms with Gasteiger partial charge in [0.15, 0.2) is 0 Å². The lowest BCUT2D eigenvalue weighted by atomic mass is 9.84. The number of hydrogen-bond donors (Lipinski definition) is 2. The molecule has 0 aliphatic carbocycles. The molecular weight excluding hydrogens is 208 g/mol. The minimum atomic E-state index is 0.161. The Morgan fingerprint density at radius 3 is 2.47 bits per heavy atom. The highest BCUT2D eigenvalue weighted by molar-refractivity contribution is 5.23. The van der Waals surface area contributed by atoms with Gasteiger partial charge in [0.05, 0.1) is 0 Å². The summed E-state index contributed by atoms with van der Waals surface area (Å²) in [6.45, 7) is 6.40. The van der Waals surface area contributed by atoms with Crippen LogP contribution in [0, 0.1) is 0 Å². The van der Waals surface area contributed by atoms with Gasteiger partial charge in [-0.3, -0.25) is 0 Å². The van der Waals surface area contributed by atoms with Crippen LogP contribution in [0.2, 0.25) is 0 Å². The van der Waals surface area contributed by atoms with Crippen LogP contribution in [-0.2, 0) is 12.0 Å². The first-order valence-corrected chi connectivity index (χ1v) is 6.07.